The van der Waals surface area contributed by atoms with E-state index in [0.717, 1.165) is 10.9 Å². The van der Waals surface area contributed by atoms with Gasteiger partial charge < -0.3 is 15.8 Å². The maximum atomic E-state index is 12.4. The summed E-state index contributed by atoms with van der Waals surface area (Å²) in [5.74, 6) is -0.150. The van der Waals surface area contributed by atoms with E-state index in [4.69, 9.17) is 10.9 Å². The lowest BCUT2D eigenvalue weighted by molar-refractivity contribution is 0.0777. The molecule has 0 saturated carbocycles. The summed E-state index contributed by atoms with van der Waals surface area (Å²) in [7, 11) is 0. The molecule has 1 rings (SSSR count). The van der Waals surface area contributed by atoms with Gasteiger partial charge in [0.25, 0.3) is 5.91 Å². The summed E-state index contributed by atoms with van der Waals surface area (Å²) in [4.78, 5) is 14.0. The van der Waals surface area contributed by atoms with Crippen molar-refractivity contribution in [2.24, 2.45) is 10.9 Å². The van der Waals surface area contributed by atoms with Crippen molar-refractivity contribution >= 4 is 43.6 Å². The van der Waals surface area contributed by atoms with Crippen molar-refractivity contribution in [1.29, 1.82) is 0 Å². The van der Waals surface area contributed by atoms with Gasteiger partial charge in [0.2, 0.25) is 0 Å². The zero-order chi connectivity index (χ0) is 14.4. The molecule has 5 nitrogen and oxygen atoms in total. The molecule has 0 atom stereocenters. The Morgan fingerprint density at radius 1 is 1.47 bits per heavy atom. The van der Waals surface area contributed by atoms with Gasteiger partial charge in [-0.15, -0.1) is 0 Å². The standard InChI is InChI=1S/C12H15Br2N3O2/c1-2-5-17(7-11(15)16-19)12(18)9-4-3-8(13)6-10(9)14/h3-4,6,19H,2,5,7H2,1H3,(H2,15,16). The van der Waals surface area contributed by atoms with Gasteiger partial charge in [0.05, 0.1) is 12.1 Å². The van der Waals surface area contributed by atoms with Gasteiger partial charge in [0.15, 0.2) is 5.84 Å². The number of nitrogens with zero attached hydrogens (tertiary/aromatic N) is 2. The summed E-state index contributed by atoms with van der Waals surface area (Å²) < 4.78 is 1.59. The Labute approximate surface area is 128 Å². The molecule has 0 unspecified atom stereocenters. The Morgan fingerprint density at radius 3 is 2.68 bits per heavy atom. The molecule has 0 aliphatic rings. The SMILES string of the molecule is CCCN(C/C(N)=N/O)C(=O)c1ccc(Br)cc1Br. The van der Waals surface area contributed by atoms with Crippen LogP contribution in [0.3, 0.4) is 0 Å². The minimum atomic E-state index is -0.159. The van der Waals surface area contributed by atoms with Crippen LogP contribution in [0.4, 0.5) is 0 Å². The molecule has 0 bridgehead atoms. The first-order valence-corrected chi connectivity index (χ1v) is 7.29. The molecule has 0 heterocycles. The molecule has 0 fully saturated rings. The fourth-order valence-electron chi connectivity index (χ4n) is 1.58. The zero-order valence-corrected chi connectivity index (χ0v) is 13.6. The van der Waals surface area contributed by atoms with Gasteiger partial charge in [-0.05, 0) is 40.5 Å². The van der Waals surface area contributed by atoms with Gasteiger partial charge in [0, 0.05) is 15.5 Å². The third-order valence-corrected chi connectivity index (χ3v) is 3.57. The van der Waals surface area contributed by atoms with Gasteiger partial charge in [-0.3, -0.25) is 4.79 Å². The number of amidine groups is 1. The maximum Gasteiger partial charge on any atom is 0.255 e. The molecule has 7 heteroatoms. The Bertz CT molecular complexity index is 492. The predicted octanol–water partition coefficient (Wildman–Crippen LogP) is 2.81. The monoisotopic (exact) mass is 391 g/mol. The van der Waals surface area contributed by atoms with E-state index >= 15 is 0 Å². The van der Waals surface area contributed by atoms with Crippen molar-refractivity contribution in [1.82, 2.24) is 4.90 Å². The largest absolute Gasteiger partial charge is 0.409 e. The van der Waals surface area contributed by atoms with Crippen LogP contribution in [0.1, 0.15) is 23.7 Å². The average molecular weight is 393 g/mol. The van der Waals surface area contributed by atoms with Crippen molar-refractivity contribution in [3.05, 3.63) is 32.7 Å². The van der Waals surface area contributed by atoms with E-state index in [1.807, 2.05) is 6.92 Å². The molecule has 0 aliphatic heterocycles. The quantitative estimate of drug-likeness (QED) is 0.350. The van der Waals surface area contributed by atoms with Crippen LogP contribution in [0, 0.1) is 0 Å². The molecule has 1 aromatic rings. The summed E-state index contributed by atoms with van der Waals surface area (Å²) in [5, 5.41) is 11.5. The Kier molecular flexibility index (Phi) is 6.30. The summed E-state index contributed by atoms with van der Waals surface area (Å²) >= 11 is 6.70. The minimum Gasteiger partial charge on any atom is -0.409 e. The van der Waals surface area contributed by atoms with Crippen LogP contribution in [0.5, 0.6) is 0 Å². The van der Waals surface area contributed by atoms with Crippen LogP contribution in [-0.2, 0) is 0 Å². The van der Waals surface area contributed by atoms with Crippen LogP contribution in [0.25, 0.3) is 0 Å². The second kappa shape index (κ2) is 7.49. The van der Waals surface area contributed by atoms with Gasteiger partial charge in [-0.1, -0.05) is 28.0 Å². The number of carbonyl (C=O) groups excluding carboxylic acids is 1. The predicted molar refractivity (Wildman–Crippen MR) is 81.4 cm³/mol. The number of nitrogens with two attached hydrogens (primary N) is 1. The highest BCUT2D eigenvalue weighted by Gasteiger charge is 2.18. The molecule has 104 valence electrons. The van der Waals surface area contributed by atoms with Crippen molar-refractivity contribution in [3.63, 3.8) is 0 Å². The smallest absolute Gasteiger partial charge is 0.255 e. The Morgan fingerprint density at radius 2 is 2.16 bits per heavy atom. The van der Waals surface area contributed by atoms with E-state index in [-0.39, 0.29) is 18.3 Å². The van der Waals surface area contributed by atoms with Gasteiger partial charge in [-0.2, -0.15) is 0 Å². The lowest BCUT2D eigenvalue weighted by Crippen LogP contribution is -2.39. The number of amides is 1. The number of benzene rings is 1. The summed E-state index contributed by atoms with van der Waals surface area (Å²) in [6.45, 7) is 2.60. The van der Waals surface area contributed by atoms with E-state index < -0.39 is 0 Å². The van der Waals surface area contributed by atoms with Crippen LogP contribution < -0.4 is 5.73 Å². The van der Waals surface area contributed by atoms with Gasteiger partial charge in [0.1, 0.15) is 0 Å². The molecule has 1 amide bonds. The highest BCUT2D eigenvalue weighted by atomic mass is 79.9. The van der Waals surface area contributed by atoms with Crippen LogP contribution >= 0.6 is 31.9 Å². The Balaban J connectivity index is 2.98. The Hall–Kier alpha value is -1.08. The number of hydrogen-bond donors (Lipinski definition) is 2. The first-order valence-electron chi connectivity index (χ1n) is 5.70. The normalized spacial score (nSPS) is 11.4. The highest BCUT2D eigenvalue weighted by Crippen LogP contribution is 2.23. The molecule has 0 saturated heterocycles. The van der Waals surface area contributed by atoms with Crippen molar-refractivity contribution < 1.29 is 10.0 Å². The maximum absolute atomic E-state index is 12.4. The van der Waals surface area contributed by atoms with E-state index in [9.17, 15) is 4.79 Å². The van der Waals surface area contributed by atoms with E-state index in [1.165, 1.54) is 0 Å². The van der Waals surface area contributed by atoms with Gasteiger partial charge in [-0.25, -0.2) is 0 Å². The van der Waals surface area contributed by atoms with Crippen LogP contribution in [0.2, 0.25) is 0 Å². The van der Waals surface area contributed by atoms with E-state index in [2.05, 4.69) is 37.0 Å². The fourth-order valence-corrected chi connectivity index (χ4v) is 2.80. The fraction of sp³-hybridized carbons (Fsp3) is 0.333. The zero-order valence-electron chi connectivity index (χ0n) is 10.4. The molecule has 3 N–H and O–H groups in total. The van der Waals surface area contributed by atoms with Gasteiger partial charge >= 0.3 is 0 Å². The third kappa shape index (κ3) is 4.50. The molecule has 0 spiro atoms. The molecule has 1 aromatic carbocycles. The summed E-state index contributed by atoms with van der Waals surface area (Å²) in [6.07, 6.45) is 0.790. The molecule has 0 radical (unpaired) electrons. The number of oxime groups is 1. The van der Waals surface area contributed by atoms with Crippen molar-refractivity contribution in [2.45, 2.75) is 13.3 Å². The van der Waals surface area contributed by atoms with Crippen LogP contribution in [-0.4, -0.2) is 34.9 Å². The summed E-state index contributed by atoms with van der Waals surface area (Å²) in [5.41, 5.74) is 6.01. The molecular weight excluding hydrogens is 378 g/mol. The second-order valence-corrected chi connectivity index (χ2v) is 5.71. The first-order chi connectivity index (χ1) is 8.99. The molecule has 19 heavy (non-hydrogen) atoms. The third-order valence-electron chi connectivity index (χ3n) is 2.42. The molecule has 0 aromatic heterocycles. The lowest BCUT2D eigenvalue weighted by Gasteiger charge is -2.22. The molecular formula is C12H15Br2N3O2. The average Bonchev–Trinajstić information content (AvgIpc) is 2.37. The highest BCUT2D eigenvalue weighted by molar-refractivity contribution is 9.11. The van der Waals surface area contributed by atoms with E-state index in [0.29, 0.717) is 16.6 Å². The second-order valence-electron chi connectivity index (χ2n) is 3.94. The number of halogens is 2. The minimum absolute atomic E-state index is 0.00929. The lowest BCUT2D eigenvalue weighted by atomic mass is 10.2. The number of carbonyl (C=O) groups is 1. The topological polar surface area (TPSA) is 78.9 Å². The first kappa shape index (κ1) is 16.0. The van der Waals surface area contributed by atoms with Crippen molar-refractivity contribution in [3.8, 4) is 0 Å². The van der Waals surface area contributed by atoms with Crippen molar-refractivity contribution in [2.75, 3.05) is 13.1 Å². The van der Waals surface area contributed by atoms with E-state index in [1.54, 1.807) is 23.1 Å². The number of hydrogen-bond acceptors (Lipinski definition) is 3. The summed E-state index contributed by atoms with van der Waals surface area (Å²) in [6, 6.07) is 5.33. The van der Waals surface area contributed by atoms with Crippen LogP contribution in [0.15, 0.2) is 32.3 Å². The molecule has 0 aliphatic carbocycles. The number of rotatable bonds is 5.